The highest BCUT2D eigenvalue weighted by atomic mass is 19.4. The molecule has 0 saturated heterocycles. The van der Waals surface area contributed by atoms with E-state index in [1.807, 2.05) is 18.7 Å². The van der Waals surface area contributed by atoms with Crippen LogP contribution < -0.4 is 5.69 Å². The molecule has 2 aromatic rings. The summed E-state index contributed by atoms with van der Waals surface area (Å²) in [5.41, 5.74) is -0.506. The van der Waals surface area contributed by atoms with Crippen molar-refractivity contribution in [3.05, 3.63) is 51.7 Å². The minimum atomic E-state index is -4.36. The van der Waals surface area contributed by atoms with Gasteiger partial charge in [-0.1, -0.05) is 19.1 Å². The van der Waals surface area contributed by atoms with Gasteiger partial charge in [0.15, 0.2) is 0 Å². The molecule has 0 spiro atoms. The van der Waals surface area contributed by atoms with Gasteiger partial charge >= 0.3 is 11.9 Å². The van der Waals surface area contributed by atoms with Crippen LogP contribution in [0.25, 0.3) is 0 Å². The van der Waals surface area contributed by atoms with E-state index < -0.39 is 17.4 Å². The van der Waals surface area contributed by atoms with E-state index >= 15 is 0 Å². The molecule has 22 heavy (non-hydrogen) atoms. The second-order valence-corrected chi connectivity index (χ2v) is 4.99. The smallest absolute Gasteiger partial charge is 0.292 e. The summed E-state index contributed by atoms with van der Waals surface area (Å²) in [4.78, 5) is 15.5. The number of nitrogens with zero attached hydrogens (tertiary/aromatic N) is 2. The molecule has 2 N–H and O–H groups in total. The number of hydrogen-bond acceptors (Lipinski definition) is 3. The monoisotopic (exact) mass is 314 g/mol. The van der Waals surface area contributed by atoms with Crippen LogP contribution in [-0.4, -0.2) is 26.6 Å². The van der Waals surface area contributed by atoms with Gasteiger partial charge in [0.2, 0.25) is 0 Å². The van der Waals surface area contributed by atoms with Gasteiger partial charge in [0, 0.05) is 6.04 Å². The Kier molecular flexibility index (Phi) is 4.70. The Balaban J connectivity index is 2.21. The molecule has 0 aliphatic carbocycles. The summed E-state index contributed by atoms with van der Waals surface area (Å²) in [6.07, 6.45) is -4.36. The van der Waals surface area contributed by atoms with E-state index in [0.29, 0.717) is 24.5 Å². The maximum atomic E-state index is 12.8. The molecule has 0 bridgehead atoms. The molecule has 8 heteroatoms. The second-order valence-electron chi connectivity index (χ2n) is 4.99. The summed E-state index contributed by atoms with van der Waals surface area (Å²) in [6.45, 7) is 4.66. The number of hydrogen-bond donors (Lipinski definition) is 2. The van der Waals surface area contributed by atoms with Crippen molar-refractivity contribution in [2.24, 2.45) is 0 Å². The van der Waals surface area contributed by atoms with Crippen LogP contribution in [0.4, 0.5) is 13.2 Å². The van der Waals surface area contributed by atoms with Crippen LogP contribution in [-0.2, 0) is 12.7 Å². The number of nitrogens with one attached hydrogen (secondary N) is 2. The maximum absolute atomic E-state index is 12.8. The lowest BCUT2D eigenvalue weighted by molar-refractivity contribution is -0.137. The van der Waals surface area contributed by atoms with Crippen LogP contribution in [0.1, 0.15) is 36.8 Å². The van der Waals surface area contributed by atoms with Gasteiger partial charge in [-0.15, -0.1) is 0 Å². The number of benzene rings is 1. The highest BCUT2D eigenvalue weighted by molar-refractivity contribution is 5.27. The second kappa shape index (κ2) is 6.35. The third kappa shape index (κ3) is 3.76. The van der Waals surface area contributed by atoms with Crippen LogP contribution in [0.3, 0.4) is 0 Å². The zero-order valence-electron chi connectivity index (χ0n) is 12.2. The largest absolute Gasteiger partial charge is 0.416 e. The van der Waals surface area contributed by atoms with Gasteiger partial charge in [-0.25, -0.2) is 9.89 Å². The molecule has 0 radical (unpaired) electrons. The number of aromatic amines is 2. The minimum absolute atomic E-state index is 0.243. The molecule has 120 valence electrons. The van der Waals surface area contributed by atoms with E-state index in [4.69, 9.17) is 0 Å². The molecule has 0 aliphatic rings. The fourth-order valence-corrected chi connectivity index (χ4v) is 2.28. The summed E-state index contributed by atoms with van der Waals surface area (Å²) >= 11 is 0. The van der Waals surface area contributed by atoms with Crippen molar-refractivity contribution in [3.8, 4) is 0 Å². The fourth-order valence-electron chi connectivity index (χ4n) is 2.28. The van der Waals surface area contributed by atoms with Gasteiger partial charge in [0.1, 0.15) is 5.82 Å². The Bertz CT molecular complexity index is 677. The van der Waals surface area contributed by atoms with Crippen LogP contribution in [0.2, 0.25) is 0 Å². The number of H-pyrrole nitrogens is 2. The Morgan fingerprint density at radius 3 is 2.64 bits per heavy atom. The number of rotatable bonds is 5. The van der Waals surface area contributed by atoms with Crippen molar-refractivity contribution in [2.75, 3.05) is 6.54 Å². The van der Waals surface area contributed by atoms with E-state index in [2.05, 4.69) is 15.2 Å². The molecule has 0 saturated carbocycles. The first-order valence-electron chi connectivity index (χ1n) is 6.86. The van der Waals surface area contributed by atoms with E-state index in [-0.39, 0.29) is 6.04 Å². The SMILES string of the molecule is CCN(Cc1n[nH]c(=O)[nH]1)[C@H](C)c1cccc(C(F)(F)F)c1. The summed E-state index contributed by atoms with van der Waals surface area (Å²) in [7, 11) is 0. The molecule has 0 amide bonds. The average molecular weight is 314 g/mol. The Hall–Kier alpha value is -2.09. The lowest BCUT2D eigenvalue weighted by Crippen LogP contribution is -2.27. The number of halogens is 3. The third-order valence-corrected chi connectivity index (χ3v) is 3.55. The molecule has 5 nitrogen and oxygen atoms in total. The van der Waals surface area contributed by atoms with Gasteiger partial charge in [-0.3, -0.25) is 9.88 Å². The van der Waals surface area contributed by atoms with Gasteiger partial charge in [-0.2, -0.15) is 18.3 Å². The van der Waals surface area contributed by atoms with Crippen LogP contribution in [0, 0.1) is 0 Å². The minimum Gasteiger partial charge on any atom is -0.292 e. The predicted octanol–water partition coefficient (Wildman–Crippen LogP) is 2.70. The number of alkyl halides is 3. The molecule has 0 unspecified atom stereocenters. The lowest BCUT2D eigenvalue weighted by atomic mass is 10.0. The Labute approximate surface area is 125 Å². The molecule has 1 aromatic carbocycles. The standard InChI is InChI=1S/C14H17F3N4O/c1-3-21(8-12-18-13(22)20-19-12)9(2)10-5-4-6-11(7-10)14(15,16)17/h4-7,9H,3,8H2,1-2H3,(H2,18,19,20,22)/t9-/m1/s1. The van der Waals surface area contributed by atoms with Crippen molar-refractivity contribution in [1.82, 2.24) is 20.1 Å². The van der Waals surface area contributed by atoms with Crippen molar-refractivity contribution in [1.29, 1.82) is 0 Å². The summed E-state index contributed by atoms with van der Waals surface area (Å²) < 4.78 is 38.4. The van der Waals surface area contributed by atoms with Gasteiger partial charge in [0.05, 0.1) is 12.1 Å². The molecule has 0 fully saturated rings. The van der Waals surface area contributed by atoms with Crippen molar-refractivity contribution in [2.45, 2.75) is 32.6 Å². The number of aromatic nitrogens is 3. The molecule has 2 rings (SSSR count). The van der Waals surface area contributed by atoms with E-state index in [0.717, 1.165) is 12.1 Å². The van der Waals surface area contributed by atoms with Crippen LogP contribution in [0.5, 0.6) is 0 Å². The molecule has 1 atom stereocenters. The molecule has 1 heterocycles. The normalized spacial score (nSPS) is 13.5. The van der Waals surface area contributed by atoms with E-state index in [1.54, 1.807) is 6.07 Å². The average Bonchev–Trinajstić information content (AvgIpc) is 2.88. The van der Waals surface area contributed by atoms with Crippen molar-refractivity contribution in [3.63, 3.8) is 0 Å². The quantitative estimate of drug-likeness (QED) is 0.892. The maximum Gasteiger partial charge on any atom is 0.416 e. The van der Waals surface area contributed by atoms with E-state index in [1.165, 1.54) is 6.07 Å². The van der Waals surface area contributed by atoms with Crippen LogP contribution in [0.15, 0.2) is 29.1 Å². The van der Waals surface area contributed by atoms with Crippen molar-refractivity contribution >= 4 is 0 Å². The highest BCUT2D eigenvalue weighted by Crippen LogP contribution is 2.32. The molecule has 0 aliphatic heterocycles. The Morgan fingerprint density at radius 2 is 2.09 bits per heavy atom. The van der Waals surface area contributed by atoms with Crippen LogP contribution >= 0.6 is 0 Å². The fraction of sp³-hybridized carbons (Fsp3) is 0.429. The van der Waals surface area contributed by atoms with Crippen molar-refractivity contribution < 1.29 is 13.2 Å². The first-order chi connectivity index (χ1) is 10.3. The summed E-state index contributed by atoms with van der Waals surface area (Å²) in [6, 6.07) is 5.03. The van der Waals surface area contributed by atoms with Gasteiger partial charge in [0.25, 0.3) is 0 Å². The Morgan fingerprint density at radius 1 is 1.36 bits per heavy atom. The van der Waals surface area contributed by atoms with Gasteiger partial charge < -0.3 is 0 Å². The highest BCUT2D eigenvalue weighted by Gasteiger charge is 2.31. The van der Waals surface area contributed by atoms with E-state index in [9.17, 15) is 18.0 Å². The first-order valence-corrected chi connectivity index (χ1v) is 6.86. The van der Waals surface area contributed by atoms with Gasteiger partial charge in [-0.05, 0) is 31.2 Å². The lowest BCUT2D eigenvalue weighted by Gasteiger charge is -2.27. The summed E-state index contributed by atoms with van der Waals surface area (Å²) in [5, 5.41) is 6.09. The predicted molar refractivity (Wildman–Crippen MR) is 75.2 cm³/mol. The molecular formula is C14H17F3N4O. The molecule has 1 aromatic heterocycles. The topological polar surface area (TPSA) is 64.8 Å². The third-order valence-electron chi connectivity index (χ3n) is 3.55. The summed E-state index contributed by atoms with van der Waals surface area (Å²) in [5.74, 6) is 0.450. The zero-order valence-corrected chi connectivity index (χ0v) is 12.2. The molecular weight excluding hydrogens is 297 g/mol. The first kappa shape index (κ1) is 16.3. The zero-order chi connectivity index (χ0) is 16.3.